The molecule has 2 rings (SSSR count). The van der Waals surface area contributed by atoms with E-state index in [1.54, 1.807) is 10.7 Å². The number of Topliss-reactive ketones (excluding diaryl/α,β-unsaturated/α-hetero) is 1. The molecule has 0 amide bonds. The van der Waals surface area contributed by atoms with Crippen molar-refractivity contribution >= 4 is 5.78 Å². The van der Waals surface area contributed by atoms with Gasteiger partial charge in [-0.05, 0) is 32.9 Å². The van der Waals surface area contributed by atoms with Crippen LogP contribution in [0.3, 0.4) is 0 Å². The lowest BCUT2D eigenvalue weighted by atomic mass is 10.1. The van der Waals surface area contributed by atoms with Crippen LogP contribution in [0.2, 0.25) is 0 Å². The second-order valence-corrected chi connectivity index (χ2v) is 4.48. The number of ketones is 1. The van der Waals surface area contributed by atoms with Crippen molar-refractivity contribution < 1.29 is 4.79 Å². The second-order valence-electron chi connectivity index (χ2n) is 4.48. The van der Waals surface area contributed by atoms with Gasteiger partial charge in [0.25, 0.3) is 0 Å². The summed E-state index contributed by atoms with van der Waals surface area (Å²) in [6.07, 6.45) is 1.71. The first-order chi connectivity index (χ1) is 8.58. The summed E-state index contributed by atoms with van der Waals surface area (Å²) in [4.78, 5) is 20.4. The van der Waals surface area contributed by atoms with E-state index in [1.807, 2.05) is 32.9 Å². The number of pyridine rings is 1. The van der Waals surface area contributed by atoms with Crippen LogP contribution in [0, 0.1) is 6.92 Å². The van der Waals surface area contributed by atoms with E-state index < -0.39 is 0 Å². The molecule has 5 heteroatoms. The van der Waals surface area contributed by atoms with Gasteiger partial charge in [-0.3, -0.25) is 9.78 Å². The maximum Gasteiger partial charge on any atom is 0.188 e. The molecule has 0 fully saturated rings. The number of hydrogen-bond acceptors (Lipinski definition) is 4. The third kappa shape index (κ3) is 2.61. The van der Waals surface area contributed by atoms with Crippen LogP contribution < -0.4 is 0 Å². The number of carbonyl (C=O) groups is 1. The zero-order valence-electron chi connectivity index (χ0n) is 10.8. The van der Waals surface area contributed by atoms with E-state index in [0.29, 0.717) is 11.5 Å². The molecule has 0 aliphatic carbocycles. The predicted octanol–water partition coefficient (Wildman–Crippen LogP) is 1.99. The Hall–Kier alpha value is -2.04. The van der Waals surface area contributed by atoms with Crippen molar-refractivity contribution in [3.05, 3.63) is 41.7 Å². The van der Waals surface area contributed by atoms with Crippen molar-refractivity contribution in [3.63, 3.8) is 0 Å². The summed E-state index contributed by atoms with van der Waals surface area (Å²) in [5.74, 6) is 0.645. The fourth-order valence-electron chi connectivity index (χ4n) is 1.76. The van der Waals surface area contributed by atoms with Crippen LogP contribution in [0.15, 0.2) is 24.5 Å². The molecule has 0 saturated heterocycles. The van der Waals surface area contributed by atoms with Crippen molar-refractivity contribution in [1.29, 1.82) is 0 Å². The lowest BCUT2D eigenvalue weighted by Gasteiger charge is -2.08. The molecular formula is C13H16N4O. The molecule has 0 atom stereocenters. The largest absolute Gasteiger partial charge is 0.292 e. The van der Waals surface area contributed by atoms with Gasteiger partial charge >= 0.3 is 0 Å². The molecule has 0 unspecified atom stereocenters. The van der Waals surface area contributed by atoms with Gasteiger partial charge in [0.15, 0.2) is 5.78 Å². The van der Waals surface area contributed by atoms with Gasteiger partial charge in [-0.1, -0.05) is 6.07 Å². The highest BCUT2D eigenvalue weighted by Crippen LogP contribution is 2.09. The third-order valence-electron chi connectivity index (χ3n) is 2.63. The Morgan fingerprint density at radius 1 is 1.39 bits per heavy atom. The summed E-state index contributed by atoms with van der Waals surface area (Å²) in [5, 5.41) is 4.11. The molecule has 0 aromatic carbocycles. The minimum absolute atomic E-state index is 0.0337. The van der Waals surface area contributed by atoms with Crippen molar-refractivity contribution in [1.82, 2.24) is 19.7 Å². The van der Waals surface area contributed by atoms with Crippen LogP contribution >= 0.6 is 0 Å². The number of rotatable bonds is 4. The number of hydrogen-bond donors (Lipinski definition) is 0. The quantitative estimate of drug-likeness (QED) is 0.772. The topological polar surface area (TPSA) is 60.7 Å². The van der Waals surface area contributed by atoms with Gasteiger partial charge in [-0.25, -0.2) is 9.67 Å². The average Bonchev–Trinajstić information content (AvgIpc) is 2.77. The average molecular weight is 244 g/mol. The minimum Gasteiger partial charge on any atom is -0.292 e. The molecule has 0 bridgehead atoms. The Morgan fingerprint density at radius 2 is 2.17 bits per heavy atom. The Morgan fingerprint density at radius 3 is 2.83 bits per heavy atom. The van der Waals surface area contributed by atoms with Gasteiger partial charge in [0.1, 0.15) is 17.8 Å². The number of aryl methyl sites for hydroxylation is 1. The molecule has 0 saturated carbocycles. The minimum atomic E-state index is -0.0337. The standard InChI is InChI=1S/C13H16N4O/c1-9(2)17-13(14-8-15-17)7-12(18)11-6-4-5-10(3)16-11/h4-6,8-9H,7H2,1-3H3. The summed E-state index contributed by atoms with van der Waals surface area (Å²) in [6, 6.07) is 5.63. The molecule has 18 heavy (non-hydrogen) atoms. The molecule has 2 aromatic heterocycles. The van der Waals surface area contributed by atoms with Crippen LogP contribution in [-0.2, 0) is 6.42 Å². The summed E-state index contributed by atoms with van der Waals surface area (Å²) in [6.45, 7) is 5.88. The molecule has 5 nitrogen and oxygen atoms in total. The maximum atomic E-state index is 12.1. The van der Waals surface area contributed by atoms with E-state index in [0.717, 1.165) is 5.69 Å². The lowest BCUT2D eigenvalue weighted by Crippen LogP contribution is -2.14. The number of nitrogens with zero attached hydrogens (tertiary/aromatic N) is 4. The Labute approximate surface area is 106 Å². The monoisotopic (exact) mass is 244 g/mol. The summed E-state index contributed by atoms with van der Waals surface area (Å²) >= 11 is 0. The molecule has 0 aliphatic heterocycles. The molecule has 0 aliphatic rings. The van der Waals surface area contributed by atoms with Gasteiger partial charge in [0.2, 0.25) is 0 Å². The van der Waals surface area contributed by atoms with Crippen molar-refractivity contribution in [2.24, 2.45) is 0 Å². The van der Waals surface area contributed by atoms with Gasteiger partial charge < -0.3 is 0 Å². The summed E-state index contributed by atoms with van der Waals surface area (Å²) in [5.41, 5.74) is 1.32. The predicted molar refractivity (Wildman–Crippen MR) is 67.4 cm³/mol. The van der Waals surface area contributed by atoms with E-state index >= 15 is 0 Å². The lowest BCUT2D eigenvalue weighted by molar-refractivity contribution is 0.0984. The third-order valence-corrected chi connectivity index (χ3v) is 2.63. The Bertz CT molecular complexity index is 560. The highest BCUT2D eigenvalue weighted by Gasteiger charge is 2.14. The van der Waals surface area contributed by atoms with Crippen LogP contribution in [-0.4, -0.2) is 25.5 Å². The normalized spacial score (nSPS) is 10.9. The molecular weight excluding hydrogens is 228 g/mol. The van der Waals surface area contributed by atoms with Crippen LogP contribution in [0.5, 0.6) is 0 Å². The highest BCUT2D eigenvalue weighted by molar-refractivity contribution is 5.95. The Balaban J connectivity index is 2.19. The molecule has 0 radical (unpaired) electrons. The number of aromatic nitrogens is 4. The maximum absolute atomic E-state index is 12.1. The molecule has 94 valence electrons. The first-order valence-corrected chi connectivity index (χ1v) is 5.93. The fourth-order valence-corrected chi connectivity index (χ4v) is 1.76. The van der Waals surface area contributed by atoms with E-state index in [1.165, 1.54) is 6.33 Å². The van der Waals surface area contributed by atoms with Crippen molar-refractivity contribution in [2.45, 2.75) is 33.2 Å². The van der Waals surface area contributed by atoms with E-state index in [2.05, 4.69) is 15.1 Å². The van der Waals surface area contributed by atoms with Gasteiger partial charge in [-0.15, -0.1) is 0 Å². The van der Waals surface area contributed by atoms with Gasteiger partial charge in [0, 0.05) is 11.7 Å². The summed E-state index contributed by atoms with van der Waals surface area (Å²) < 4.78 is 1.76. The zero-order valence-corrected chi connectivity index (χ0v) is 10.8. The molecule has 2 heterocycles. The Kier molecular flexibility index (Phi) is 3.50. The van der Waals surface area contributed by atoms with E-state index in [9.17, 15) is 4.79 Å². The number of carbonyl (C=O) groups excluding carboxylic acids is 1. The van der Waals surface area contributed by atoms with Gasteiger partial charge in [-0.2, -0.15) is 5.10 Å². The van der Waals surface area contributed by atoms with Crippen LogP contribution in [0.25, 0.3) is 0 Å². The first-order valence-electron chi connectivity index (χ1n) is 5.93. The van der Waals surface area contributed by atoms with E-state index in [4.69, 9.17) is 0 Å². The van der Waals surface area contributed by atoms with Crippen LogP contribution in [0.1, 0.15) is 41.9 Å². The SMILES string of the molecule is Cc1cccc(C(=O)Cc2ncnn2C(C)C)n1. The van der Waals surface area contributed by atoms with E-state index in [-0.39, 0.29) is 18.2 Å². The van der Waals surface area contributed by atoms with Crippen LogP contribution in [0.4, 0.5) is 0 Å². The fraction of sp³-hybridized carbons (Fsp3) is 0.385. The van der Waals surface area contributed by atoms with Crippen molar-refractivity contribution in [2.75, 3.05) is 0 Å². The first kappa shape index (κ1) is 12.4. The highest BCUT2D eigenvalue weighted by atomic mass is 16.1. The zero-order chi connectivity index (χ0) is 13.1. The molecule has 0 N–H and O–H groups in total. The second kappa shape index (κ2) is 5.08. The van der Waals surface area contributed by atoms with Crippen molar-refractivity contribution in [3.8, 4) is 0 Å². The molecule has 2 aromatic rings. The molecule has 0 spiro atoms. The van der Waals surface area contributed by atoms with Gasteiger partial charge in [0.05, 0.1) is 6.42 Å². The summed E-state index contributed by atoms with van der Waals surface area (Å²) in [7, 11) is 0. The smallest absolute Gasteiger partial charge is 0.188 e.